The standard InChI is InChI=1S/C23H25F3N4O2/c24-23(25,26)18-7-5-17(6-8-18)22(32)30-13-11-29(12-14-30)20-10-9-19(15-27-20)28-21(31)16-3-1-2-4-16/h5-10,15-16H,1-4,11-14H2,(H,28,31). The lowest BCUT2D eigenvalue weighted by Crippen LogP contribution is -2.49. The number of carbonyl (C=O) groups is 2. The Labute approximate surface area is 184 Å². The number of amides is 2. The lowest BCUT2D eigenvalue weighted by atomic mass is 10.1. The summed E-state index contributed by atoms with van der Waals surface area (Å²) in [4.78, 5) is 33.0. The van der Waals surface area contributed by atoms with Crippen molar-refractivity contribution >= 4 is 23.3 Å². The highest BCUT2D eigenvalue weighted by atomic mass is 19.4. The first-order chi connectivity index (χ1) is 15.3. The number of rotatable bonds is 4. The van der Waals surface area contributed by atoms with Crippen molar-refractivity contribution < 1.29 is 22.8 Å². The summed E-state index contributed by atoms with van der Waals surface area (Å²) in [6.45, 7) is 2.02. The van der Waals surface area contributed by atoms with E-state index < -0.39 is 11.7 Å². The monoisotopic (exact) mass is 446 g/mol. The first-order valence-corrected chi connectivity index (χ1v) is 10.8. The summed E-state index contributed by atoms with van der Waals surface area (Å²) >= 11 is 0. The topological polar surface area (TPSA) is 65.5 Å². The lowest BCUT2D eigenvalue weighted by Gasteiger charge is -2.35. The Kier molecular flexibility index (Phi) is 6.34. The summed E-state index contributed by atoms with van der Waals surface area (Å²) in [6, 6.07) is 7.97. The summed E-state index contributed by atoms with van der Waals surface area (Å²) in [5.41, 5.74) is 0.140. The van der Waals surface area contributed by atoms with E-state index in [0.717, 1.165) is 43.6 Å². The third-order valence-corrected chi connectivity index (χ3v) is 6.09. The Morgan fingerprint density at radius 2 is 1.59 bits per heavy atom. The summed E-state index contributed by atoms with van der Waals surface area (Å²) in [6.07, 6.45) is 1.29. The maximum Gasteiger partial charge on any atom is 0.416 e. The van der Waals surface area contributed by atoms with Crippen molar-refractivity contribution in [1.29, 1.82) is 0 Å². The molecule has 1 saturated heterocycles. The molecule has 2 aliphatic rings. The molecule has 6 nitrogen and oxygen atoms in total. The van der Waals surface area contributed by atoms with Crippen molar-refractivity contribution in [2.45, 2.75) is 31.9 Å². The maximum absolute atomic E-state index is 12.7. The second-order valence-electron chi connectivity index (χ2n) is 8.23. The van der Waals surface area contributed by atoms with E-state index in [9.17, 15) is 22.8 Å². The minimum atomic E-state index is -4.42. The van der Waals surface area contributed by atoms with Crippen LogP contribution >= 0.6 is 0 Å². The second kappa shape index (κ2) is 9.18. The number of hydrogen-bond donors (Lipinski definition) is 1. The molecule has 32 heavy (non-hydrogen) atoms. The van der Waals surface area contributed by atoms with Gasteiger partial charge in [0.25, 0.3) is 5.91 Å². The summed E-state index contributed by atoms with van der Waals surface area (Å²) in [5.74, 6) is 0.610. The second-order valence-corrected chi connectivity index (χ2v) is 8.23. The van der Waals surface area contributed by atoms with Gasteiger partial charge in [-0.15, -0.1) is 0 Å². The number of halogens is 3. The van der Waals surface area contributed by atoms with Gasteiger partial charge in [-0.05, 0) is 49.2 Å². The van der Waals surface area contributed by atoms with Gasteiger partial charge >= 0.3 is 6.18 Å². The van der Waals surface area contributed by atoms with Gasteiger partial charge < -0.3 is 15.1 Å². The van der Waals surface area contributed by atoms with Gasteiger partial charge in [-0.2, -0.15) is 13.2 Å². The van der Waals surface area contributed by atoms with Crippen molar-refractivity contribution in [3.05, 3.63) is 53.7 Å². The van der Waals surface area contributed by atoms with Crippen LogP contribution in [0.1, 0.15) is 41.6 Å². The number of anilines is 2. The largest absolute Gasteiger partial charge is 0.416 e. The smallest absolute Gasteiger partial charge is 0.353 e. The number of nitrogens with one attached hydrogen (secondary N) is 1. The molecule has 0 radical (unpaired) electrons. The van der Waals surface area contributed by atoms with Crippen molar-refractivity contribution in [3.8, 4) is 0 Å². The van der Waals surface area contributed by atoms with Gasteiger partial charge in [0, 0.05) is 37.7 Å². The third kappa shape index (κ3) is 5.03. The van der Waals surface area contributed by atoms with Crippen molar-refractivity contribution in [3.63, 3.8) is 0 Å². The highest BCUT2D eigenvalue weighted by Gasteiger charge is 2.31. The van der Waals surface area contributed by atoms with E-state index in [1.807, 2.05) is 17.0 Å². The zero-order valence-corrected chi connectivity index (χ0v) is 17.6. The zero-order valence-electron chi connectivity index (χ0n) is 17.6. The van der Waals surface area contributed by atoms with E-state index in [1.165, 1.54) is 12.1 Å². The number of aromatic nitrogens is 1. The molecule has 9 heteroatoms. The Bertz CT molecular complexity index is 947. The molecule has 1 aromatic heterocycles. The number of hydrogen-bond acceptors (Lipinski definition) is 4. The Morgan fingerprint density at radius 3 is 2.16 bits per heavy atom. The summed E-state index contributed by atoms with van der Waals surface area (Å²) in [7, 11) is 0. The highest BCUT2D eigenvalue weighted by Crippen LogP contribution is 2.29. The highest BCUT2D eigenvalue weighted by molar-refractivity contribution is 5.94. The predicted octanol–water partition coefficient (Wildman–Crippen LogP) is 4.19. The van der Waals surface area contributed by atoms with Gasteiger partial charge in [0.05, 0.1) is 17.4 Å². The van der Waals surface area contributed by atoms with Gasteiger partial charge in [0.2, 0.25) is 5.91 Å². The molecule has 1 aliphatic carbocycles. The van der Waals surface area contributed by atoms with E-state index in [4.69, 9.17) is 0 Å². The fourth-order valence-electron chi connectivity index (χ4n) is 4.20. The Morgan fingerprint density at radius 1 is 0.938 bits per heavy atom. The van der Waals surface area contributed by atoms with Crippen molar-refractivity contribution in [2.24, 2.45) is 5.92 Å². The third-order valence-electron chi connectivity index (χ3n) is 6.09. The molecule has 0 atom stereocenters. The Balaban J connectivity index is 1.30. The predicted molar refractivity (Wildman–Crippen MR) is 114 cm³/mol. The molecule has 1 saturated carbocycles. The van der Waals surface area contributed by atoms with Gasteiger partial charge in [-0.1, -0.05) is 12.8 Å². The van der Waals surface area contributed by atoms with E-state index in [2.05, 4.69) is 10.3 Å². The molecular formula is C23H25F3N4O2. The normalized spacial score (nSPS) is 17.5. The van der Waals surface area contributed by atoms with Gasteiger partial charge in [-0.3, -0.25) is 9.59 Å². The molecule has 0 bridgehead atoms. The fourth-order valence-corrected chi connectivity index (χ4v) is 4.20. The quantitative estimate of drug-likeness (QED) is 0.765. The number of alkyl halides is 3. The molecule has 1 N–H and O–H groups in total. The maximum atomic E-state index is 12.7. The van der Waals surface area contributed by atoms with Gasteiger partial charge in [0.15, 0.2) is 0 Å². The summed E-state index contributed by atoms with van der Waals surface area (Å²) < 4.78 is 38.1. The molecule has 2 amide bonds. The van der Waals surface area contributed by atoms with Crippen LogP contribution in [0.25, 0.3) is 0 Å². The van der Waals surface area contributed by atoms with Crippen LogP contribution < -0.4 is 10.2 Å². The van der Waals surface area contributed by atoms with Crippen LogP contribution in [0.2, 0.25) is 0 Å². The van der Waals surface area contributed by atoms with Crippen molar-refractivity contribution in [2.75, 3.05) is 36.4 Å². The van der Waals surface area contributed by atoms with E-state index >= 15 is 0 Å². The molecule has 2 fully saturated rings. The number of carbonyl (C=O) groups excluding carboxylic acids is 2. The van der Waals surface area contributed by atoms with Gasteiger partial charge in [-0.25, -0.2) is 4.98 Å². The molecule has 2 aromatic rings. The van der Waals surface area contributed by atoms with Crippen LogP contribution in [0, 0.1) is 5.92 Å². The molecular weight excluding hydrogens is 421 g/mol. The molecule has 2 heterocycles. The average molecular weight is 446 g/mol. The summed E-state index contributed by atoms with van der Waals surface area (Å²) in [5, 5.41) is 2.92. The van der Waals surface area contributed by atoms with Crippen LogP contribution in [-0.4, -0.2) is 47.9 Å². The molecule has 0 unspecified atom stereocenters. The van der Waals surface area contributed by atoms with E-state index in [-0.39, 0.29) is 23.3 Å². The lowest BCUT2D eigenvalue weighted by molar-refractivity contribution is -0.137. The van der Waals surface area contributed by atoms with E-state index in [1.54, 1.807) is 11.1 Å². The first kappa shape index (κ1) is 22.1. The number of benzene rings is 1. The van der Waals surface area contributed by atoms with Crippen molar-refractivity contribution in [1.82, 2.24) is 9.88 Å². The molecule has 170 valence electrons. The minimum absolute atomic E-state index is 0.0486. The van der Waals surface area contributed by atoms with Crippen LogP contribution in [0.15, 0.2) is 42.6 Å². The molecule has 1 aliphatic heterocycles. The van der Waals surface area contributed by atoms with Crippen LogP contribution in [0.4, 0.5) is 24.7 Å². The number of pyridine rings is 1. The van der Waals surface area contributed by atoms with E-state index in [0.29, 0.717) is 31.9 Å². The minimum Gasteiger partial charge on any atom is -0.353 e. The van der Waals surface area contributed by atoms with Crippen LogP contribution in [0.3, 0.4) is 0 Å². The number of nitrogens with zero attached hydrogens (tertiary/aromatic N) is 3. The zero-order chi connectivity index (χ0) is 22.7. The molecule has 0 spiro atoms. The van der Waals surface area contributed by atoms with Crippen LogP contribution in [0.5, 0.6) is 0 Å². The van der Waals surface area contributed by atoms with Crippen LogP contribution in [-0.2, 0) is 11.0 Å². The SMILES string of the molecule is O=C(Nc1ccc(N2CCN(C(=O)c3ccc(C(F)(F)F)cc3)CC2)nc1)C1CCCC1. The fraction of sp³-hybridized carbons (Fsp3) is 0.435. The average Bonchev–Trinajstić information content (AvgIpc) is 3.34. The molecule has 4 rings (SSSR count). The van der Waals surface area contributed by atoms with Gasteiger partial charge in [0.1, 0.15) is 5.82 Å². The molecule has 1 aromatic carbocycles. The first-order valence-electron chi connectivity index (χ1n) is 10.8. The Hall–Kier alpha value is -3.10. The number of piperazine rings is 1.